The summed E-state index contributed by atoms with van der Waals surface area (Å²) in [4.78, 5) is 7.61. The molecule has 2 N–H and O–H groups in total. The van der Waals surface area contributed by atoms with Crippen LogP contribution in [-0.4, -0.2) is 15.1 Å². The van der Waals surface area contributed by atoms with Crippen LogP contribution in [0.25, 0.3) is 11.1 Å². The van der Waals surface area contributed by atoms with E-state index in [0.717, 1.165) is 23.5 Å². The van der Waals surface area contributed by atoms with Gasteiger partial charge in [-0.2, -0.15) is 23.1 Å². The molecule has 2 heterocycles. The number of alkyl halides is 3. The Labute approximate surface area is 113 Å². The van der Waals surface area contributed by atoms with Crippen molar-refractivity contribution in [3.63, 3.8) is 0 Å². The highest BCUT2D eigenvalue weighted by molar-refractivity contribution is 7.13. The van der Waals surface area contributed by atoms with Gasteiger partial charge in [0.15, 0.2) is 10.7 Å². The van der Waals surface area contributed by atoms with Gasteiger partial charge in [-0.15, -0.1) is 11.3 Å². The van der Waals surface area contributed by atoms with Crippen LogP contribution < -0.4 is 5.32 Å². The van der Waals surface area contributed by atoms with Gasteiger partial charge < -0.3 is 9.52 Å². The second-order valence-corrected chi connectivity index (χ2v) is 4.69. The smallest absolute Gasteiger partial charge is 0.416 e. The normalized spacial score (nSPS) is 11.9. The molecule has 0 aliphatic heterocycles. The van der Waals surface area contributed by atoms with Crippen LogP contribution in [0, 0.1) is 0 Å². The molecule has 1 aromatic carbocycles. The van der Waals surface area contributed by atoms with Gasteiger partial charge in [0.05, 0.1) is 10.9 Å². The second kappa shape index (κ2) is 4.37. The van der Waals surface area contributed by atoms with E-state index < -0.39 is 11.7 Å². The lowest BCUT2D eigenvalue weighted by atomic mass is 10.2. The van der Waals surface area contributed by atoms with Gasteiger partial charge in [0.1, 0.15) is 5.52 Å². The van der Waals surface area contributed by atoms with Crippen LogP contribution in [0.15, 0.2) is 28.0 Å². The van der Waals surface area contributed by atoms with Gasteiger partial charge >= 0.3 is 12.2 Å². The van der Waals surface area contributed by atoms with E-state index in [0.29, 0.717) is 5.13 Å². The number of nitrogens with one attached hydrogen (secondary N) is 1. The summed E-state index contributed by atoms with van der Waals surface area (Å²) in [7, 11) is 0. The van der Waals surface area contributed by atoms with Crippen molar-refractivity contribution in [1.82, 2.24) is 9.97 Å². The number of nitrogens with zero attached hydrogens (tertiary/aromatic N) is 2. The molecule has 3 rings (SSSR count). The summed E-state index contributed by atoms with van der Waals surface area (Å²) >= 11 is 1.11. The van der Waals surface area contributed by atoms with Crippen molar-refractivity contribution in [1.29, 1.82) is 0 Å². The van der Waals surface area contributed by atoms with E-state index in [1.165, 1.54) is 11.4 Å². The van der Waals surface area contributed by atoms with E-state index in [4.69, 9.17) is 9.52 Å². The van der Waals surface area contributed by atoms with Crippen molar-refractivity contribution in [3.05, 3.63) is 29.1 Å². The van der Waals surface area contributed by atoms with Crippen molar-refractivity contribution in [2.45, 2.75) is 6.18 Å². The van der Waals surface area contributed by atoms with Gasteiger partial charge in [0, 0.05) is 0 Å². The Morgan fingerprint density at radius 2 is 2.05 bits per heavy atom. The third kappa shape index (κ3) is 2.39. The number of aromatic nitrogens is 2. The SMILES string of the molecule is Oc1csc(Nc2nc3cc(C(F)(F)F)ccc3o2)n1. The molecule has 0 fully saturated rings. The molecule has 0 saturated heterocycles. The highest BCUT2D eigenvalue weighted by atomic mass is 32.1. The topological polar surface area (TPSA) is 71.2 Å². The first-order valence-corrected chi connectivity index (χ1v) is 6.19. The predicted octanol–water partition coefficient (Wildman–Crippen LogP) is 3.75. The molecule has 5 nitrogen and oxygen atoms in total. The molecule has 20 heavy (non-hydrogen) atoms. The minimum absolute atomic E-state index is 0.00803. The summed E-state index contributed by atoms with van der Waals surface area (Å²) < 4.78 is 42.9. The molecule has 0 amide bonds. The van der Waals surface area contributed by atoms with Crippen molar-refractivity contribution in [2.24, 2.45) is 0 Å². The average molecular weight is 301 g/mol. The summed E-state index contributed by atoms with van der Waals surface area (Å²) in [5.41, 5.74) is -0.485. The van der Waals surface area contributed by atoms with E-state index in [1.807, 2.05) is 0 Å². The fraction of sp³-hybridized carbons (Fsp3) is 0.0909. The Balaban J connectivity index is 1.94. The van der Waals surface area contributed by atoms with Crippen LogP contribution >= 0.6 is 11.3 Å². The Morgan fingerprint density at radius 3 is 2.70 bits per heavy atom. The number of rotatable bonds is 2. The van der Waals surface area contributed by atoms with Gasteiger partial charge in [0.25, 0.3) is 0 Å². The highest BCUT2D eigenvalue weighted by Crippen LogP contribution is 2.32. The van der Waals surface area contributed by atoms with Gasteiger partial charge in [-0.05, 0) is 18.2 Å². The van der Waals surface area contributed by atoms with Crippen molar-refractivity contribution in [3.8, 4) is 5.88 Å². The first-order valence-electron chi connectivity index (χ1n) is 5.31. The maximum atomic E-state index is 12.6. The number of hydrogen-bond acceptors (Lipinski definition) is 6. The quantitative estimate of drug-likeness (QED) is 0.754. The number of benzene rings is 1. The number of oxazole rings is 1. The molecule has 0 atom stereocenters. The fourth-order valence-electron chi connectivity index (χ4n) is 1.57. The van der Waals surface area contributed by atoms with Crippen LogP contribution in [-0.2, 0) is 6.18 Å². The molecule has 0 radical (unpaired) electrons. The molecule has 0 bridgehead atoms. The minimum atomic E-state index is -4.43. The lowest BCUT2D eigenvalue weighted by molar-refractivity contribution is -0.137. The molecule has 0 aliphatic carbocycles. The van der Waals surface area contributed by atoms with Crippen LogP contribution in [0.4, 0.5) is 24.3 Å². The van der Waals surface area contributed by atoms with Gasteiger partial charge in [0.2, 0.25) is 5.88 Å². The zero-order chi connectivity index (χ0) is 14.3. The Bertz CT molecular complexity index is 766. The molecule has 9 heteroatoms. The number of fused-ring (bicyclic) bond motifs is 1. The molecular formula is C11H6F3N3O2S. The third-order valence-electron chi connectivity index (χ3n) is 2.42. The number of anilines is 2. The number of halogens is 3. The Kier molecular flexibility index (Phi) is 2.78. The number of thiazole rings is 1. The van der Waals surface area contributed by atoms with Crippen LogP contribution in [0.2, 0.25) is 0 Å². The molecular weight excluding hydrogens is 295 g/mol. The first-order chi connectivity index (χ1) is 9.41. The van der Waals surface area contributed by atoms with E-state index >= 15 is 0 Å². The summed E-state index contributed by atoms with van der Waals surface area (Å²) in [6.07, 6.45) is -4.43. The fourth-order valence-corrected chi connectivity index (χ4v) is 2.13. The minimum Gasteiger partial charge on any atom is -0.493 e. The van der Waals surface area contributed by atoms with Gasteiger partial charge in [-0.25, -0.2) is 0 Å². The molecule has 0 unspecified atom stereocenters. The lowest BCUT2D eigenvalue weighted by Gasteiger charge is -2.04. The lowest BCUT2D eigenvalue weighted by Crippen LogP contribution is -2.03. The van der Waals surface area contributed by atoms with E-state index in [2.05, 4.69) is 15.3 Å². The largest absolute Gasteiger partial charge is 0.493 e. The van der Waals surface area contributed by atoms with Gasteiger partial charge in [-0.3, -0.25) is 5.32 Å². The zero-order valence-corrected chi connectivity index (χ0v) is 10.4. The molecule has 2 aromatic heterocycles. The van der Waals surface area contributed by atoms with Crippen LogP contribution in [0.3, 0.4) is 0 Å². The number of aromatic hydroxyl groups is 1. The first kappa shape index (κ1) is 12.7. The summed E-state index contributed by atoms with van der Waals surface area (Å²) in [5, 5.41) is 13.5. The molecule has 0 spiro atoms. The monoisotopic (exact) mass is 301 g/mol. The van der Waals surface area contributed by atoms with Crippen molar-refractivity contribution < 1.29 is 22.7 Å². The molecule has 3 aromatic rings. The summed E-state index contributed by atoms with van der Waals surface area (Å²) in [5.74, 6) is -0.159. The van der Waals surface area contributed by atoms with Gasteiger partial charge in [-0.1, -0.05) is 0 Å². The molecule has 0 aliphatic rings. The highest BCUT2D eigenvalue weighted by Gasteiger charge is 2.31. The number of hydrogen-bond donors (Lipinski definition) is 2. The summed E-state index contributed by atoms with van der Waals surface area (Å²) in [6.45, 7) is 0. The van der Waals surface area contributed by atoms with Crippen LogP contribution in [0.1, 0.15) is 5.56 Å². The van der Waals surface area contributed by atoms with Crippen molar-refractivity contribution >= 4 is 33.6 Å². The van der Waals surface area contributed by atoms with Crippen molar-refractivity contribution in [2.75, 3.05) is 5.32 Å². The Hall–Kier alpha value is -2.29. The van der Waals surface area contributed by atoms with E-state index in [1.54, 1.807) is 0 Å². The zero-order valence-electron chi connectivity index (χ0n) is 9.60. The molecule has 0 saturated carbocycles. The standard InChI is InChI=1S/C11H6F3N3O2S/c12-11(13,14)5-1-2-7-6(3-5)15-9(19-7)17-10-16-8(18)4-20-10/h1-4,18H,(H,15,16,17). The maximum absolute atomic E-state index is 12.6. The second-order valence-electron chi connectivity index (χ2n) is 3.84. The van der Waals surface area contributed by atoms with E-state index in [9.17, 15) is 13.2 Å². The average Bonchev–Trinajstić information content (AvgIpc) is 2.93. The predicted molar refractivity (Wildman–Crippen MR) is 66.1 cm³/mol. The summed E-state index contributed by atoms with van der Waals surface area (Å²) in [6, 6.07) is 3.04. The molecule has 104 valence electrons. The maximum Gasteiger partial charge on any atom is 0.416 e. The van der Waals surface area contributed by atoms with E-state index in [-0.39, 0.29) is 23.0 Å². The third-order valence-corrected chi connectivity index (χ3v) is 3.17. The van der Waals surface area contributed by atoms with Crippen LogP contribution in [0.5, 0.6) is 5.88 Å². The Morgan fingerprint density at radius 1 is 1.25 bits per heavy atom.